The smallest absolute Gasteiger partial charge is 0.272 e. The Bertz CT molecular complexity index is 1280. The minimum Gasteiger partial charge on any atom is -0.507 e. The van der Waals surface area contributed by atoms with E-state index in [2.05, 4.69) is 15.5 Å². The number of phenols is 1. The zero-order chi connectivity index (χ0) is 22.3. The maximum Gasteiger partial charge on any atom is 0.272 e. The molecule has 0 atom stereocenters. The molecule has 6 heteroatoms. The van der Waals surface area contributed by atoms with Crippen molar-refractivity contribution >= 4 is 23.0 Å². The number of phenolic OH excluding ortho intramolecular Hbond substituents is 1. The zero-order valence-corrected chi connectivity index (χ0v) is 17.7. The van der Waals surface area contributed by atoms with Gasteiger partial charge in [-0.05, 0) is 42.8 Å². The average molecular weight is 425 g/mol. The van der Waals surface area contributed by atoms with E-state index in [1.165, 1.54) is 0 Å². The van der Waals surface area contributed by atoms with Crippen LogP contribution < -0.4 is 10.2 Å². The second-order valence-corrected chi connectivity index (χ2v) is 7.17. The number of nitrogens with one attached hydrogen (secondary N) is 1. The molecule has 0 saturated heterocycles. The molecule has 160 valence electrons. The lowest BCUT2D eigenvalue weighted by atomic mass is 10.0. The van der Waals surface area contributed by atoms with E-state index in [-0.39, 0.29) is 11.7 Å². The molecule has 32 heavy (non-hydrogen) atoms. The van der Waals surface area contributed by atoms with Crippen LogP contribution in [0.1, 0.15) is 29.3 Å². The number of aromatic nitrogens is 1. The highest BCUT2D eigenvalue weighted by atomic mass is 16.5. The summed E-state index contributed by atoms with van der Waals surface area (Å²) >= 11 is 0. The summed E-state index contributed by atoms with van der Waals surface area (Å²) < 4.78 is 5.73. The third-order valence-electron chi connectivity index (χ3n) is 4.89. The molecular formula is C26H23N3O3. The number of rotatable bonds is 7. The Morgan fingerprint density at radius 3 is 2.66 bits per heavy atom. The minimum absolute atomic E-state index is 0.100. The Balaban J connectivity index is 1.64. The second-order valence-electron chi connectivity index (χ2n) is 7.17. The molecule has 0 spiro atoms. The second kappa shape index (κ2) is 9.75. The molecule has 4 aromatic rings. The molecule has 1 heterocycles. The lowest BCUT2D eigenvalue weighted by molar-refractivity contribution is 0.0956. The largest absolute Gasteiger partial charge is 0.507 e. The summed E-state index contributed by atoms with van der Waals surface area (Å²) in [6.45, 7) is 2.65. The van der Waals surface area contributed by atoms with E-state index in [1.807, 2.05) is 61.5 Å². The highest BCUT2D eigenvalue weighted by molar-refractivity contribution is 6.07. The van der Waals surface area contributed by atoms with Gasteiger partial charge in [0.25, 0.3) is 5.91 Å². The van der Waals surface area contributed by atoms with E-state index < -0.39 is 0 Å². The van der Waals surface area contributed by atoms with E-state index in [0.29, 0.717) is 40.1 Å². The fraction of sp³-hybridized carbons (Fsp3) is 0.115. The van der Waals surface area contributed by atoms with Gasteiger partial charge < -0.3 is 9.84 Å². The Morgan fingerprint density at radius 2 is 1.81 bits per heavy atom. The summed E-state index contributed by atoms with van der Waals surface area (Å²) in [6, 6.07) is 23.5. The fourth-order valence-electron chi connectivity index (χ4n) is 3.34. The molecule has 1 aromatic heterocycles. The van der Waals surface area contributed by atoms with Crippen LogP contribution in [0.4, 0.5) is 0 Å². The molecule has 0 aliphatic rings. The number of fused-ring (bicyclic) bond motifs is 1. The number of hydrogen-bond donors (Lipinski definition) is 2. The predicted octanol–water partition coefficient (Wildman–Crippen LogP) is 5.16. The number of amides is 1. The van der Waals surface area contributed by atoms with Crippen LogP contribution in [-0.4, -0.2) is 28.8 Å². The number of nitrogens with zero attached hydrogens (tertiary/aromatic N) is 2. The Hall–Kier alpha value is -4.19. The van der Waals surface area contributed by atoms with Crippen LogP contribution in [0, 0.1) is 0 Å². The lowest BCUT2D eigenvalue weighted by Gasteiger charge is -2.10. The van der Waals surface area contributed by atoms with Crippen LogP contribution >= 0.6 is 0 Å². The van der Waals surface area contributed by atoms with Gasteiger partial charge in [0.05, 0.1) is 29.6 Å². The number of pyridine rings is 1. The zero-order valence-electron chi connectivity index (χ0n) is 17.7. The Morgan fingerprint density at radius 1 is 1.06 bits per heavy atom. The van der Waals surface area contributed by atoms with Crippen molar-refractivity contribution in [3.63, 3.8) is 0 Å². The summed E-state index contributed by atoms with van der Waals surface area (Å²) in [7, 11) is 0. The van der Waals surface area contributed by atoms with Crippen molar-refractivity contribution in [3.8, 4) is 22.8 Å². The first kappa shape index (κ1) is 21.1. The summed E-state index contributed by atoms with van der Waals surface area (Å²) in [5, 5.41) is 15.1. The molecule has 0 fully saturated rings. The number of para-hydroxylation sites is 3. The molecule has 4 rings (SSSR count). The number of benzene rings is 3. The number of aromatic hydroxyl groups is 1. The molecule has 0 bridgehead atoms. The summed E-state index contributed by atoms with van der Waals surface area (Å²) in [6.07, 6.45) is 2.47. The number of hydrogen-bond acceptors (Lipinski definition) is 5. The number of ether oxygens (including phenoxy) is 1. The number of hydrazone groups is 1. The van der Waals surface area contributed by atoms with Gasteiger partial charge >= 0.3 is 0 Å². The third kappa shape index (κ3) is 4.59. The van der Waals surface area contributed by atoms with Crippen molar-refractivity contribution in [2.24, 2.45) is 5.10 Å². The van der Waals surface area contributed by atoms with Crippen LogP contribution in [0.2, 0.25) is 0 Å². The van der Waals surface area contributed by atoms with E-state index in [0.717, 1.165) is 12.0 Å². The summed E-state index contributed by atoms with van der Waals surface area (Å²) in [5.74, 6) is 0.440. The van der Waals surface area contributed by atoms with Crippen molar-refractivity contribution in [3.05, 3.63) is 90.0 Å². The van der Waals surface area contributed by atoms with Crippen LogP contribution in [-0.2, 0) is 0 Å². The number of carbonyl (C=O) groups is 1. The quantitative estimate of drug-likeness (QED) is 0.316. The maximum absolute atomic E-state index is 13.0. The van der Waals surface area contributed by atoms with Gasteiger partial charge in [0.2, 0.25) is 0 Å². The monoisotopic (exact) mass is 425 g/mol. The molecule has 2 N–H and O–H groups in total. The number of carbonyl (C=O) groups excluding carboxylic acids is 1. The molecular weight excluding hydrogens is 402 g/mol. The molecule has 0 aliphatic carbocycles. The van der Waals surface area contributed by atoms with Crippen molar-refractivity contribution < 1.29 is 14.6 Å². The molecule has 0 aliphatic heterocycles. The van der Waals surface area contributed by atoms with Gasteiger partial charge in [-0.3, -0.25) is 4.79 Å². The van der Waals surface area contributed by atoms with Gasteiger partial charge in [-0.15, -0.1) is 0 Å². The van der Waals surface area contributed by atoms with Gasteiger partial charge in [-0.25, -0.2) is 10.4 Å². The van der Waals surface area contributed by atoms with Crippen molar-refractivity contribution in [2.75, 3.05) is 6.61 Å². The Kier molecular flexibility index (Phi) is 6.41. The SMILES string of the molecule is CCCOc1ccccc1C=NNC(=O)c1cc(-c2ccccc2O)nc2ccccc12. The van der Waals surface area contributed by atoms with Gasteiger partial charge in [0, 0.05) is 16.5 Å². The first-order chi connectivity index (χ1) is 15.7. The first-order valence-corrected chi connectivity index (χ1v) is 10.4. The van der Waals surface area contributed by atoms with E-state index in [9.17, 15) is 9.90 Å². The van der Waals surface area contributed by atoms with E-state index in [4.69, 9.17) is 4.74 Å². The van der Waals surface area contributed by atoms with Crippen molar-refractivity contribution in [2.45, 2.75) is 13.3 Å². The van der Waals surface area contributed by atoms with Crippen LogP contribution in [0.5, 0.6) is 11.5 Å². The average Bonchev–Trinajstić information content (AvgIpc) is 2.83. The van der Waals surface area contributed by atoms with E-state index >= 15 is 0 Å². The standard InChI is InChI=1S/C26H23N3O3/c1-2-15-32-25-14-8-3-9-18(25)17-27-29-26(31)21-16-23(20-11-5-7-13-24(20)30)28-22-12-6-4-10-19(21)22/h3-14,16-17,30H,2,15H2,1H3,(H,29,31). The molecule has 1 amide bonds. The summed E-state index contributed by atoms with van der Waals surface area (Å²) in [4.78, 5) is 17.7. The van der Waals surface area contributed by atoms with Crippen LogP contribution in [0.25, 0.3) is 22.2 Å². The normalized spacial score (nSPS) is 11.0. The van der Waals surface area contributed by atoms with Crippen LogP contribution in [0.15, 0.2) is 84.0 Å². The topological polar surface area (TPSA) is 83.8 Å². The minimum atomic E-state index is -0.372. The van der Waals surface area contributed by atoms with Gasteiger partial charge in [-0.1, -0.05) is 49.4 Å². The highest BCUT2D eigenvalue weighted by Crippen LogP contribution is 2.30. The van der Waals surface area contributed by atoms with Crippen molar-refractivity contribution in [1.82, 2.24) is 10.4 Å². The third-order valence-corrected chi connectivity index (χ3v) is 4.89. The maximum atomic E-state index is 13.0. The molecule has 6 nitrogen and oxygen atoms in total. The lowest BCUT2D eigenvalue weighted by Crippen LogP contribution is -2.18. The molecule has 0 unspecified atom stereocenters. The fourth-order valence-corrected chi connectivity index (χ4v) is 3.34. The van der Waals surface area contributed by atoms with Gasteiger partial charge in [0.15, 0.2) is 0 Å². The first-order valence-electron chi connectivity index (χ1n) is 10.4. The molecule has 0 radical (unpaired) electrons. The van der Waals surface area contributed by atoms with Crippen molar-refractivity contribution in [1.29, 1.82) is 0 Å². The highest BCUT2D eigenvalue weighted by Gasteiger charge is 2.15. The Labute approximate surface area is 186 Å². The van der Waals surface area contributed by atoms with Crippen LogP contribution in [0.3, 0.4) is 0 Å². The van der Waals surface area contributed by atoms with Gasteiger partial charge in [-0.2, -0.15) is 5.10 Å². The molecule has 0 saturated carbocycles. The molecule has 3 aromatic carbocycles. The predicted molar refractivity (Wildman–Crippen MR) is 126 cm³/mol. The van der Waals surface area contributed by atoms with E-state index in [1.54, 1.807) is 30.5 Å². The van der Waals surface area contributed by atoms with Gasteiger partial charge in [0.1, 0.15) is 11.5 Å². The summed E-state index contributed by atoms with van der Waals surface area (Å²) in [5.41, 5.74) is 5.51.